The fraction of sp³-hybridized carbons (Fsp3) is 0.917. The van der Waals surface area contributed by atoms with Crippen LogP contribution < -0.4 is 11.1 Å². The molecule has 1 aliphatic carbocycles. The molecule has 3 nitrogen and oxygen atoms in total. The number of rotatable bonds is 4. The van der Waals surface area contributed by atoms with Gasteiger partial charge in [0.2, 0.25) is 5.91 Å². The van der Waals surface area contributed by atoms with Gasteiger partial charge in [-0.2, -0.15) is 13.2 Å². The lowest BCUT2D eigenvalue weighted by atomic mass is 9.83. The van der Waals surface area contributed by atoms with Gasteiger partial charge in [-0.3, -0.25) is 4.79 Å². The average molecular weight is 266 g/mol. The number of halogens is 3. The highest BCUT2D eigenvalue weighted by Gasteiger charge is 2.45. The van der Waals surface area contributed by atoms with Crippen LogP contribution in [0.15, 0.2) is 0 Å². The van der Waals surface area contributed by atoms with Crippen molar-refractivity contribution in [2.75, 3.05) is 6.54 Å². The van der Waals surface area contributed by atoms with E-state index in [0.717, 1.165) is 19.3 Å². The number of carbonyl (C=O) groups is 1. The third-order valence-electron chi connectivity index (χ3n) is 3.57. The molecule has 0 aromatic carbocycles. The predicted octanol–water partition coefficient (Wildman–Crippen LogP) is 2.21. The molecule has 0 heterocycles. The van der Waals surface area contributed by atoms with Crippen LogP contribution in [-0.4, -0.2) is 24.7 Å². The van der Waals surface area contributed by atoms with Gasteiger partial charge in [0.1, 0.15) is 6.04 Å². The molecule has 0 saturated heterocycles. The quantitative estimate of drug-likeness (QED) is 0.819. The molecule has 6 heteroatoms. The van der Waals surface area contributed by atoms with Gasteiger partial charge in [-0.15, -0.1) is 0 Å². The van der Waals surface area contributed by atoms with Crippen molar-refractivity contribution in [1.29, 1.82) is 0 Å². The number of amides is 1. The lowest BCUT2D eigenvalue weighted by molar-refractivity contribution is -0.175. The summed E-state index contributed by atoms with van der Waals surface area (Å²) in [5, 5.41) is 2.13. The molecule has 2 unspecified atom stereocenters. The predicted molar refractivity (Wildman–Crippen MR) is 62.8 cm³/mol. The Morgan fingerprint density at radius 3 is 2.33 bits per heavy atom. The molecule has 1 fully saturated rings. The molecule has 0 radical (unpaired) electrons. The van der Waals surface area contributed by atoms with Crippen LogP contribution in [0.5, 0.6) is 0 Å². The molecule has 1 rings (SSSR count). The molecule has 3 N–H and O–H groups in total. The molecule has 0 bridgehead atoms. The van der Waals surface area contributed by atoms with Gasteiger partial charge >= 0.3 is 6.18 Å². The Hall–Kier alpha value is -0.780. The number of nitrogens with one attached hydrogen (secondary N) is 1. The molecule has 0 aliphatic heterocycles. The van der Waals surface area contributed by atoms with Gasteiger partial charge in [-0.05, 0) is 18.8 Å². The number of hydrogen-bond acceptors (Lipinski definition) is 2. The normalized spacial score (nSPS) is 21.4. The topological polar surface area (TPSA) is 55.1 Å². The second-order valence-electron chi connectivity index (χ2n) is 5.06. The zero-order valence-electron chi connectivity index (χ0n) is 10.6. The van der Waals surface area contributed by atoms with Crippen molar-refractivity contribution in [2.24, 2.45) is 17.6 Å². The lowest BCUT2D eigenvalue weighted by Crippen LogP contribution is -2.52. The Kier molecular flexibility index (Phi) is 5.44. The highest BCUT2D eigenvalue weighted by atomic mass is 19.4. The number of hydrogen-bond donors (Lipinski definition) is 2. The summed E-state index contributed by atoms with van der Waals surface area (Å²) in [6, 6.07) is -1.72. The third kappa shape index (κ3) is 4.15. The number of alkyl halides is 3. The van der Waals surface area contributed by atoms with E-state index in [4.69, 9.17) is 5.73 Å². The molecule has 1 amide bonds. The summed E-state index contributed by atoms with van der Waals surface area (Å²) in [7, 11) is 0. The Bertz CT molecular complexity index is 275. The van der Waals surface area contributed by atoms with E-state index in [1.165, 1.54) is 6.92 Å². The standard InChI is InChI=1S/C12H21F3N2O/c1-8(7-16)11(18)17-10(12(13,14)15)9-5-3-2-4-6-9/h8-10H,2-7,16H2,1H3,(H,17,18). The molecule has 1 aliphatic rings. The largest absolute Gasteiger partial charge is 0.408 e. The first-order valence-electron chi connectivity index (χ1n) is 6.43. The van der Waals surface area contributed by atoms with Crippen molar-refractivity contribution in [1.82, 2.24) is 5.32 Å². The van der Waals surface area contributed by atoms with E-state index in [2.05, 4.69) is 5.32 Å². The van der Waals surface area contributed by atoms with Crippen LogP contribution in [0, 0.1) is 11.8 Å². The summed E-state index contributed by atoms with van der Waals surface area (Å²) >= 11 is 0. The van der Waals surface area contributed by atoms with E-state index in [1.807, 2.05) is 0 Å². The van der Waals surface area contributed by atoms with Crippen LogP contribution in [0.4, 0.5) is 13.2 Å². The fourth-order valence-electron chi connectivity index (χ4n) is 2.34. The number of nitrogens with two attached hydrogens (primary N) is 1. The molecular weight excluding hydrogens is 245 g/mol. The van der Waals surface area contributed by atoms with Crippen molar-refractivity contribution < 1.29 is 18.0 Å². The SMILES string of the molecule is CC(CN)C(=O)NC(C1CCCCC1)C(F)(F)F. The first-order valence-corrected chi connectivity index (χ1v) is 6.43. The highest BCUT2D eigenvalue weighted by Crippen LogP contribution is 2.34. The monoisotopic (exact) mass is 266 g/mol. The highest BCUT2D eigenvalue weighted by molar-refractivity contribution is 5.78. The van der Waals surface area contributed by atoms with Crippen molar-refractivity contribution in [3.8, 4) is 0 Å². The minimum Gasteiger partial charge on any atom is -0.344 e. The van der Waals surface area contributed by atoms with Gasteiger partial charge in [0.25, 0.3) is 0 Å². The maximum Gasteiger partial charge on any atom is 0.408 e. The lowest BCUT2D eigenvalue weighted by Gasteiger charge is -2.32. The van der Waals surface area contributed by atoms with Gasteiger partial charge in [0.05, 0.1) is 0 Å². The maximum atomic E-state index is 13.0. The van der Waals surface area contributed by atoms with Gasteiger partial charge in [0, 0.05) is 12.5 Å². The van der Waals surface area contributed by atoms with E-state index < -0.39 is 30.0 Å². The minimum absolute atomic E-state index is 0.0566. The molecular formula is C12H21F3N2O. The first-order chi connectivity index (χ1) is 8.36. The van der Waals surface area contributed by atoms with Crippen LogP contribution >= 0.6 is 0 Å². The van der Waals surface area contributed by atoms with Crippen LogP contribution in [-0.2, 0) is 4.79 Å². The summed E-state index contributed by atoms with van der Waals surface area (Å²) in [5.74, 6) is -1.68. The Morgan fingerprint density at radius 1 is 1.33 bits per heavy atom. The van der Waals surface area contributed by atoms with Crippen LogP contribution in [0.25, 0.3) is 0 Å². The van der Waals surface area contributed by atoms with Crippen molar-refractivity contribution in [2.45, 2.75) is 51.2 Å². The average Bonchev–Trinajstić information content (AvgIpc) is 2.34. The molecule has 18 heavy (non-hydrogen) atoms. The smallest absolute Gasteiger partial charge is 0.344 e. The summed E-state index contributed by atoms with van der Waals surface area (Å²) in [5.41, 5.74) is 5.29. The van der Waals surface area contributed by atoms with Gasteiger partial charge in [0.15, 0.2) is 0 Å². The Morgan fingerprint density at radius 2 is 1.89 bits per heavy atom. The van der Waals surface area contributed by atoms with Gasteiger partial charge < -0.3 is 11.1 Å². The molecule has 2 atom stereocenters. The Labute approximate surface area is 105 Å². The first kappa shape index (κ1) is 15.3. The summed E-state index contributed by atoms with van der Waals surface area (Å²) in [6.45, 7) is 1.59. The molecule has 1 saturated carbocycles. The molecule has 0 aromatic heterocycles. The zero-order valence-corrected chi connectivity index (χ0v) is 10.6. The van der Waals surface area contributed by atoms with Crippen molar-refractivity contribution >= 4 is 5.91 Å². The maximum absolute atomic E-state index is 13.0. The molecule has 0 aromatic rings. The van der Waals surface area contributed by atoms with Crippen LogP contribution in [0.2, 0.25) is 0 Å². The summed E-state index contributed by atoms with van der Waals surface area (Å²) < 4.78 is 39.0. The van der Waals surface area contributed by atoms with E-state index in [0.29, 0.717) is 12.8 Å². The number of carbonyl (C=O) groups excluding carboxylic acids is 1. The molecule has 0 spiro atoms. The van der Waals surface area contributed by atoms with E-state index in [9.17, 15) is 18.0 Å². The zero-order chi connectivity index (χ0) is 13.8. The van der Waals surface area contributed by atoms with E-state index in [1.54, 1.807) is 0 Å². The van der Waals surface area contributed by atoms with E-state index in [-0.39, 0.29) is 6.54 Å². The third-order valence-corrected chi connectivity index (χ3v) is 3.57. The second kappa shape index (κ2) is 6.41. The minimum atomic E-state index is -4.38. The van der Waals surface area contributed by atoms with E-state index >= 15 is 0 Å². The fourth-order valence-corrected chi connectivity index (χ4v) is 2.34. The molecule has 106 valence electrons. The van der Waals surface area contributed by atoms with Gasteiger partial charge in [-0.25, -0.2) is 0 Å². The van der Waals surface area contributed by atoms with Gasteiger partial charge in [-0.1, -0.05) is 26.2 Å². The van der Waals surface area contributed by atoms with Crippen molar-refractivity contribution in [3.63, 3.8) is 0 Å². The summed E-state index contributed by atoms with van der Waals surface area (Å²) in [6.07, 6.45) is -0.734. The Balaban J connectivity index is 2.69. The summed E-state index contributed by atoms with van der Waals surface area (Å²) in [4.78, 5) is 11.6. The van der Waals surface area contributed by atoms with Crippen LogP contribution in [0.3, 0.4) is 0 Å². The van der Waals surface area contributed by atoms with Crippen molar-refractivity contribution in [3.05, 3.63) is 0 Å². The van der Waals surface area contributed by atoms with Crippen LogP contribution in [0.1, 0.15) is 39.0 Å². The second-order valence-corrected chi connectivity index (χ2v) is 5.06.